The van der Waals surface area contributed by atoms with Crippen molar-refractivity contribution >= 4 is 5.69 Å². The lowest BCUT2D eigenvalue weighted by molar-refractivity contribution is 0.177. The minimum Gasteiger partial charge on any atom is -0.495 e. The van der Waals surface area contributed by atoms with Crippen molar-refractivity contribution in [3.63, 3.8) is 0 Å². The molecule has 1 fully saturated rings. The third-order valence-electron chi connectivity index (χ3n) is 4.77. The van der Waals surface area contributed by atoms with E-state index in [4.69, 9.17) is 10.5 Å². The Morgan fingerprint density at radius 2 is 1.78 bits per heavy atom. The molecule has 23 heavy (non-hydrogen) atoms. The van der Waals surface area contributed by atoms with E-state index in [1.54, 1.807) is 7.11 Å². The smallest absolute Gasteiger partial charge is 0.141 e. The van der Waals surface area contributed by atoms with E-state index >= 15 is 0 Å². The average molecular weight is 310 g/mol. The number of piperidine rings is 1. The summed E-state index contributed by atoms with van der Waals surface area (Å²) in [6.07, 6.45) is 3.77. The Morgan fingerprint density at radius 1 is 1.04 bits per heavy atom. The van der Waals surface area contributed by atoms with Crippen molar-refractivity contribution in [3.05, 3.63) is 59.7 Å². The number of hydrogen-bond acceptors (Lipinski definition) is 3. The van der Waals surface area contributed by atoms with Crippen LogP contribution in [0, 0.1) is 5.92 Å². The van der Waals surface area contributed by atoms with Gasteiger partial charge in [-0.15, -0.1) is 0 Å². The lowest BCUT2D eigenvalue weighted by atomic mass is 9.90. The molecule has 2 aromatic carbocycles. The minimum absolute atomic E-state index is 0.726. The Morgan fingerprint density at radius 3 is 2.43 bits per heavy atom. The zero-order chi connectivity index (χ0) is 16.1. The van der Waals surface area contributed by atoms with Crippen LogP contribution in [0.5, 0.6) is 5.75 Å². The number of ether oxygens (including phenoxy) is 1. The van der Waals surface area contributed by atoms with Crippen molar-refractivity contribution < 1.29 is 4.74 Å². The van der Waals surface area contributed by atoms with Crippen molar-refractivity contribution in [1.29, 1.82) is 0 Å². The Bertz CT molecular complexity index is 619. The van der Waals surface area contributed by atoms with E-state index in [0.29, 0.717) is 0 Å². The second-order valence-corrected chi connectivity index (χ2v) is 6.49. The van der Waals surface area contributed by atoms with Gasteiger partial charge in [0.25, 0.3) is 0 Å². The van der Waals surface area contributed by atoms with E-state index in [-0.39, 0.29) is 0 Å². The van der Waals surface area contributed by atoms with E-state index < -0.39 is 0 Å². The first kappa shape index (κ1) is 15.9. The first-order valence-electron chi connectivity index (χ1n) is 8.43. The molecule has 0 atom stereocenters. The maximum atomic E-state index is 6.00. The molecule has 0 spiro atoms. The molecule has 1 aliphatic rings. The predicted molar refractivity (Wildman–Crippen MR) is 95.6 cm³/mol. The summed E-state index contributed by atoms with van der Waals surface area (Å²) >= 11 is 0. The van der Waals surface area contributed by atoms with Crippen LogP contribution in [0.3, 0.4) is 0 Å². The van der Waals surface area contributed by atoms with Crippen LogP contribution in [-0.4, -0.2) is 25.1 Å². The summed E-state index contributed by atoms with van der Waals surface area (Å²) in [5, 5.41) is 0. The molecular formula is C20H26N2O. The molecule has 3 nitrogen and oxygen atoms in total. The first-order valence-corrected chi connectivity index (χ1v) is 8.43. The highest BCUT2D eigenvalue weighted by atomic mass is 16.5. The number of anilines is 1. The van der Waals surface area contributed by atoms with Gasteiger partial charge >= 0.3 is 0 Å². The van der Waals surface area contributed by atoms with Gasteiger partial charge in [-0.1, -0.05) is 36.4 Å². The summed E-state index contributed by atoms with van der Waals surface area (Å²) in [7, 11) is 1.66. The highest BCUT2D eigenvalue weighted by Gasteiger charge is 2.19. The quantitative estimate of drug-likeness (QED) is 0.855. The van der Waals surface area contributed by atoms with Gasteiger partial charge in [0.2, 0.25) is 0 Å². The van der Waals surface area contributed by atoms with E-state index in [9.17, 15) is 0 Å². The predicted octanol–water partition coefficient (Wildman–Crippen LogP) is 3.73. The van der Waals surface area contributed by atoms with Crippen LogP contribution in [-0.2, 0) is 13.0 Å². The summed E-state index contributed by atoms with van der Waals surface area (Å²) in [5.74, 6) is 1.57. The van der Waals surface area contributed by atoms with Gasteiger partial charge in [-0.05, 0) is 61.5 Å². The standard InChI is InChI=1S/C20H26N2O/c1-23-20-8-7-18(14-19(20)21)15-22-11-9-17(10-12-22)13-16-5-3-2-4-6-16/h2-8,14,17H,9-13,15,21H2,1H3. The van der Waals surface area contributed by atoms with Gasteiger partial charge in [0.1, 0.15) is 5.75 Å². The molecule has 3 rings (SSSR count). The van der Waals surface area contributed by atoms with Gasteiger partial charge < -0.3 is 10.5 Å². The van der Waals surface area contributed by atoms with Crippen LogP contribution in [0.25, 0.3) is 0 Å². The summed E-state index contributed by atoms with van der Waals surface area (Å²) in [6, 6.07) is 17.0. The highest BCUT2D eigenvalue weighted by molar-refractivity contribution is 5.54. The molecule has 0 amide bonds. The van der Waals surface area contributed by atoms with Crippen LogP contribution in [0.4, 0.5) is 5.69 Å². The number of nitrogens with zero attached hydrogens (tertiary/aromatic N) is 1. The highest BCUT2D eigenvalue weighted by Crippen LogP contribution is 2.25. The molecule has 0 unspecified atom stereocenters. The van der Waals surface area contributed by atoms with E-state index in [0.717, 1.165) is 23.9 Å². The zero-order valence-electron chi connectivity index (χ0n) is 13.9. The molecule has 0 radical (unpaired) electrons. The molecule has 1 aliphatic heterocycles. The fourth-order valence-corrected chi connectivity index (χ4v) is 3.44. The molecule has 3 heteroatoms. The van der Waals surface area contributed by atoms with Crippen LogP contribution >= 0.6 is 0 Å². The lowest BCUT2D eigenvalue weighted by Crippen LogP contribution is -2.33. The second kappa shape index (κ2) is 7.51. The topological polar surface area (TPSA) is 38.5 Å². The van der Waals surface area contributed by atoms with Gasteiger partial charge in [0.15, 0.2) is 0 Å². The van der Waals surface area contributed by atoms with Gasteiger partial charge in [-0.25, -0.2) is 0 Å². The SMILES string of the molecule is COc1ccc(CN2CCC(Cc3ccccc3)CC2)cc1N. The van der Waals surface area contributed by atoms with Crippen molar-refractivity contribution in [2.45, 2.75) is 25.8 Å². The number of likely N-dealkylation sites (tertiary alicyclic amines) is 1. The monoisotopic (exact) mass is 310 g/mol. The number of nitrogen functional groups attached to an aromatic ring is 1. The number of hydrogen-bond donors (Lipinski definition) is 1. The van der Waals surface area contributed by atoms with Gasteiger partial charge in [0, 0.05) is 6.54 Å². The Labute approximate surface area is 139 Å². The van der Waals surface area contributed by atoms with Crippen LogP contribution in [0.2, 0.25) is 0 Å². The second-order valence-electron chi connectivity index (χ2n) is 6.49. The molecule has 0 bridgehead atoms. The molecule has 1 heterocycles. The molecule has 0 aromatic heterocycles. The molecule has 1 saturated heterocycles. The van der Waals surface area contributed by atoms with Gasteiger partial charge in [-0.3, -0.25) is 4.90 Å². The normalized spacial score (nSPS) is 16.4. The van der Waals surface area contributed by atoms with Crippen molar-refractivity contribution in [2.24, 2.45) is 5.92 Å². The minimum atomic E-state index is 0.726. The Balaban J connectivity index is 1.50. The molecule has 2 N–H and O–H groups in total. The summed E-state index contributed by atoms with van der Waals surface area (Å²) in [6.45, 7) is 3.32. The molecule has 2 aromatic rings. The number of rotatable bonds is 5. The van der Waals surface area contributed by atoms with Crippen LogP contribution in [0.15, 0.2) is 48.5 Å². The van der Waals surface area contributed by atoms with Crippen LogP contribution < -0.4 is 10.5 Å². The molecular weight excluding hydrogens is 284 g/mol. The fraction of sp³-hybridized carbons (Fsp3) is 0.400. The Hall–Kier alpha value is -2.00. The van der Waals surface area contributed by atoms with Crippen LogP contribution in [0.1, 0.15) is 24.0 Å². The van der Waals surface area contributed by atoms with Crippen molar-refractivity contribution in [3.8, 4) is 5.75 Å². The summed E-state index contributed by atoms with van der Waals surface area (Å²) in [4.78, 5) is 2.53. The summed E-state index contributed by atoms with van der Waals surface area (Å²) < 4.78 is 5.22. The number of benzene rings is 2. The van der Waals surface area contributed by atoms with E-state index in [1.807, 2.05) is 12.1 Å². The van der Waals surface area contributed by atoms with Gasteiger partial charge in [-0.2, -0.15) is 0 Å². The maximum absolute atomic E-state index is 6.00. The van der Waals surface area contributed by atoms with Gasteiger partial charge in [0.05, 0.1) is 12.8 Å². The molecule has 0 aliphatic carbocycles. The lowest BCUT2D eigenvalue weighted by Gasteiger charge is -2.32. The van der Waals surface area contributed by atoms with E-state index in [2.05, 4.69) is 41.3 Å². The third kappa shape index (κ3) is 4.26. The molecule has 122 valence electrons. The fourth-order valence-electron chi connectivity index (χ4n) is 3.44. The maximum Gasteiger partial charge on any atom is 0.141 e. The first-order chi connectivity index (χ1) is 11.2. The Kier molecular flexibility index (Phi) is 5.19. The summed E-state index contributed by atoms with van der Waals surface area (Å²) in [5.41, 5.74) is 9.46. The van der Waals surface area contributed by atoms with Crippen molar-refractivity contribution in [2.75, 3.05) is 25.9 Å². The van der Waals surface area contributed by atoms with E-state index in [1.165, 1.54) is 43.5 Å². The average Bonchev–Trinajstić information content (AvgIpc) is 2.58. The number of nitrogens with two attached hydrogens (primary N) is 1. The zero-order valence-corrected chi connectivity index (χ0v) is 13.9. The van der Waals surface area contributed by atoms with Crippen molar-refractivity contribution in [1.82, 2.24) is 4.90 Å². The third-order valence-corrected chi connectivity index (χ3v) is 4.77. The number of methoxy groups -OCH3 is 1. The molecule has 0 saturated carbocycles. The largest absolute Gasteiger partial charge is 0.495 e.